The van der Waals surface area contributed by atoms with Crippen molar-refractivity contribution in [2.75, 3.05) is 49.2 Å². The van der Waals surface area contributed by atoms with Crippen molar-refractivity contribution < 1.29 is 27.4 Å². The first-order valence-electron chi connectivity index (χ1n) is 11.1. The number of hydrogen-bond donors (Lipinski definition) is 1. The van der Waals surface area contributed by atoms with E-state index >= 15 is 0 Å². The van der Waals surface area contributed by atoms with E-state index in [1.165, 1.54) is 0 Å². The van der Waals surface area contributed by atoms with Crippen LogP contribution in [0.25, 0.3) is 0 Å². The van der Waals surface area contributed by atoms with Crippen LogP contribution in [0.2, 0.25) is 0 Å². The highest BCUT2D eigenvalue weighted by Gasteiger charge is 2.48. The highest BCUT2D eigenvalue weighted by atomic mass is 19.4. The molecule has 3 atom stereocenters. The molecule has 0 radical (unpaired) electrons. The number of β-amino-alcohol motifs (C(OH)–C–C–N with tert-alkyl or cyclic N) is 1. The number of rotatable bonds is 4. The number of aliphatic hydroxyl groups is 1. The number of halogens is 4. The highest BCUT2D eigenvalue weighted by Crippen LogP contribution is 2.35. The molecule has 1 aromatic heterocycles. The van der Waals surface area contributed by atoms with E-state index in [1.54, 1.807) is 16.7 Å². The minimum Gasteiger partial charge on any atom is -0.377 e. The molecule has 3 aliphatic heterocycles. The first-order chi connectivity index (χ1) is 15.2. The Balaban J connectivity index is 1.74. The molecule has 0 bridgehead atoms. The maximum Gasteiger partial charge on any atom is 0.408 e. The Bertz CT molecular complexity index is 874. The van der Waals surface area contributed by atoms with E-state index in [0.29, 0.717) is 26.3 Å². The second-order valence-corrected chi connectivity index (χ2v) is 8.70. The molecule has 0 aliphatic carbocycles. The third-order valence-corrected chi connectivity index (χ3v) is 6.53. The van der Waals surface area contributed by atoms with Gasteiger partial charge in [0.1, 0.15) is 12.3 Å². The largest absolute Gasteiger partial charge is 0.408 e. The van der Waals surface area contributed by atoms with E-state index in [1.807, 2.05) is 0 Å². The predicted octanol–water partition coefficient (Wildman–Crippen LogP) is 1.55. The minimum absolute atomic E-state index is 0.255. The molecule has 32 heavy (non-hydrogen) atoms. The average Bonchev–Trinajstić information content (AvgIpc) is 2.76. The van der Waals surface area contributed by atoms with Crippen molar-refractivity contribution in [3.8, 4) is 0 Å². The first-order valence-corrected chi connectivity index (χ1v) is 11.1. The molecule has 0 spiro atoms. The van der Waals surface area contributed by atoms with Gasteiger partial charge in [-0.1, -0.05) is 6.42 Å². The van der Waals surface area contributed by atoms with Crippen LogP contribution in [0.15, 0.2) is 4.79 Å². The van der Waals surface area contributed by atoms with Crippen molar-refractivity contribution >= 4 is 11.8 Å². The summed E-state index contributed by atoms with van der Waals surface area (Å²) in [4.78, 5) is 21.2. The summed E-state index contributed by atoms with van der Waals surface area (Å²) in [6.07, 6.45) is -3.43. The molecule has 1 aromatic rings. The maximum absolute atomic E-state index is 15.0. The topological polar surface area (TPSA) is 74.1 Å². The molecule has 12 heteroatoms. The predicted molar refractivity (Wildman–Crippen MR) is 109 cm³/mol. The lowest BCUT2D eigenvalue weighted by Gasteiger charge is -2.42. The highest BCUT2D eigenvalue weighted by molar-refractivity contribution is 5.48. The van der Waals surface area contributed by atoms with Crippen LogP contribution < -0.4 is 15.4 Å². The molecular weight excluding hydrogens is 434 g/mol. The molecule has 4 heterocycles. The Labute approximate surface area is 183 Å². The quantitative estimate of drug-likeness (QED) is 0.680. The molecule has 0 aromatic carbocycles. The van der Waals surface area contributed by atoms with Crippen LogP contribution in [0.4, 0.5) is 29.3 Å². The van der Waals surface area contributed by atoms with Gasteiger partial charge in [0.05, 0.1) is 25.8 Å². The van der Waals surface area contributed by atoms with E-state index in [9.17, 15) is 27.5 Å². The van der Waals surface area contributed by atoms with Gasteiger partial charge in [-0.3, -0.25) is 14.3 Å². The standard InChI is InChI=1S/C20H29F4N5O3/c1-13-12-32-10-9-27(13)17-16(21)18(31)28-8-5-14(20(22,23)24)29(19(28)25-17)11-15(30)26-6-3-2-4-7-26/h13-15,30H,2-12H2,1H3. The van der Waals surface area contributed by atoms with Crippen molar-refractivity contribution in [1.29, 1.82) is 0 Å². The van der Waals surface area contributed by atoms with Gasteiger partial charge in [-0.2, -0.15) is 22.5 Å². The maximum atomic E-state index is 15.0. The summed E-state index contributed by atoms with van der Waals surface area (Å²) in [6, 6.07) is -2.21. The number of likely N-dealkylation sites (tertiary alicyclic amines) is 1. The molecule has 2 saturated heterocycles. The van der Waals surface area contributed by atoms with E-state index in [-0.39, 0.29) is 37.4 Å². The van der Waals surface area contributed by atoms with Gasteiger partial charge in [0.15, 0.2) is 5.82 Å². The second kappa shape index (κ2) is 9.14. The number of piperidine rings is 1. The van der Waals surface area contributed by atoms with Crippen LogP contribution >= 0.6 is 0 Å². The summed E-state index contributed by atoms with van der Waals surface area (Å²) in [5.41, 5.74) is -0.998. The number of alkyl halides is 3. The van der Waals surface area contributed by atoms with Gasteiger partial charge in [-0.25, -0.2) is 0 Å². The number of ether oxygens (including phenoxy) is 1. The fourth-order valence-corrected chi connectivity index (χ4v) is 4.77. The zero-order chi connectivity index (χ0) is 23.0. The number of morpholine rings is 1. The smallest absolute Gasteiger partial charge is 0.377 e. The lowest BCUT2D eigenvalue weighted by atomic mass is 10.1. The van der Waals surface area contributed by atoms with E-state index in [0.717, 1.165) is 28.7 Å². The van der Waals surface area contributed by atoms with Gasteiger partial charge in [0, 0.05) is 26.2 Å². The first kappa shape index (κ1) is 23.2. The Hall–Kier alpha value is -1.92. The molecule has 3 unspecified atom stereocenters. The molecule has 0 saturated carbocycles. The molecule has 8 nitrogen and oxygen atoms in total. The third kappa shape index (κ3) is 4.44. The fourth-order valence-electron chi connectivity index (χ4n) is 4.77. The summed E-state index contributed by atoms with van der Waals surface area (Å²) in [5, 5.41) is 10.7. The summed E-state index contributed by atoms with van der Waals surface area (Å²) in [7, 11) is 0. The molecule has 1 N–H and O–H groups in total. The van der Waals surface area contributed by atoms with Crippen LogP contribution in [0.5, 0.6) is 0 Å². The molecule has 0 amide bonds. The Morgan fingerprint density at radius 1 is 1.19 bits per heavy atom. The van der Waals surface area contributed by atoms with E-state index in [4.69, 9.17) is 4.74 Å². The van der Waals surface area contributed by atoms with Crippen molar-refractivity contribution in [1.82, 2.24) is 14.5 Å². The summed E-state index contributed by atoms with van der Waals surface area (Å²) in [6.45, 7) is 3.14. The third-order valence-electron chi connectivity index (χ3n) is 6.53. The SMILES string of the molecule is CC1COCCN1c1nc2n(c(=O)c1F)CCC(C(F)(F)F)N2CC(O)N1CCCCC1. The summed E-state index contributed by atoms with van der Waals surface area (Å²) < 4.78 is 63.0. The molecule has 4 rings (SSSR count). The number of nitrogens with zero attached hydrogens (tertiary/aromatic N) is 5. The number of fused-ring (bicyclic) bond motifs is 1. The van der Waals surface area contributed by atoms with E-state index < -0.39 is 36.2 Å². The number of aliphatic hydroxyl groups excluding tert-OH is 1. The van der Waals surface area contributed by atoms with Gasteiger partial charge >= 0.3 is 6.18 Å². The van der Waals surface area contributed by atoms with Gasteiger partial charge in [-0.05, 0) is 26.2 Å². The monoisotopic (exact) mass is 463 g/mol. The zero-order valence-electron chi connectivity index (χ0n) is 18.0. The average molecular weight is 463 g/mol. The van der Waals surface area contributed by atoms with Crippen molar-refractivity contribution in [3.63, 3.8) is 0 Å². The van der Waals surface area contributed by atoms with Crippen LogP contribution in [0.3, 0.4) is 0 Å². The Kier molecular flexibility index (Phi) is 6.64. The minimum atomic E-state index is -4.59. The fraction of sp³-hybridized carbons (Fsp3) is 0.800. The Morgan fingerprint density at radius 2 is 1.91 bits per heavy atom. The van der Waals surface area contributed by atoms with Crippen LogP contribution in [-0.4, -0.2) is 83.4 Å². The molecule has 180 valence electrons. The van der Waals surface area contributed by atoms with E-state index in [2.05, 4.69) is 4.98 Å². The van der Waals surface area contributed by atoms with Gasteiger partial charge in [0.2, 0.25) is 11.8 Å². The van der Waals surface area contributed by atoms with Crippen LogP contribution in [-0.2, 0) is 11.3 Å². The molecular formula is C20H29F4N5O3. The van der Waals surface area contributed by atoms with Gasteiger partial charge < -0.3 is 19.6 Å². The van der Waals surface area contributed by atoms with Crippen LogP contribution in [0, 0.1) is 5.82 Å². The zero-order valence-corrected chi connectivity index (χ0v) is 18.0. The molecule has 3 aliphatic rings. The van der Waals surface area contributed by atoms with Crippen molar-refractivity contribution in [2.45, 2.75) is 63.6 Å². The van der Waals surface area contributed by atoms with Crippen molar-refractivity contribution in [2.24, 2.45) is 0 Å². The normalized spacial score (nSPS) is 26.2. The number of hydrogen-bond acceptors (Lipinski definition) is 7. The number of anilines is 2. The lowest BCUT2D eigenvalue weighted by molar-refractivity contribution is -0.154. The lowest BCUT2D eigenvalue weighted by Crippen LogP contribution is -2.57. The Morgan fingerprint density at radius 3 is 2.56 bits per heavy atom. The van der Waals surface area contributed by atoms with Crippen LogP contribution in [0.1, 0.15) is 32.6 Å². The molecule has 2 fully saturated rings. The van der Waals surface area contributed by atoms with Crippen molar-refractivity contribution in [3.05, 3.63) is 16.2 Å². The van der Waals surface area contributed by atoms with Gasteiger partial charge in [-0.15, -0.1) is 0 Å². The van der Waals surface area contributed by atoms with Gasteiger partial charge in [0.25, 0.3) is 5.56 Å². The second-order valence-electron chi connectivity index (χ2n) is 8.70. The summed E-state index contributed by atoms with van der Waals surface area (Å²) >= 11 is 0. The summed E-state index contributed by atoms with van der Waals surface area (Å²) in [5.74, 6) is -1.60. The number of aromatic nitrogens is 2.